The van der Waals surface area contributed by atoms with Gasteiger partial charge in [0.15, 0.2) is 0 Å². The maximum atomic E-state index is 13.2. The van der Waals surface area contributed by atoms with Crippen molar-refractivity contribution in [2.45, 2.75) is 19.4 Å². The summed E-state index contributed by atoms with van der Waals surface area (Å²) in [5.41, 5.74) is 2.84. The first kappa shape index (κ1) is 20.4. The first-order valence-electron chi connectivity index (χ1n) is 10.1. The number of aryl methyl sites for hydroxylation is 1. The van der Waals surface area contributed by atoms with Gasteiger partial charge in [-0.1, -0.05) is 67.6 Å². The second-order valence-corrected chi connectivity index (χ2v) is 7.30. The molecule has 1 amide bonds. The molecule has 4 rings (SSSR count). The minimum absolute atomic E-state index is 0.0441. The van der Waals surface area contributed by atoms with Gasteiger partial charge in [-0.05, 0) is 30.2 Å². The predicted molar refractivity (Wildman–Crippen MR) is 120 cm³/mol. The summed E-state index contributed by atoms with van der Waals surface area (Å²) in [5.74, 6) is -1.08. The fraction of sp³-hybridized carbons (Fsp3) is 0.154. The van der Waals surface area contributed by atoms with Crippen LogP contribution in [0.2, 0.25) is 0 Å². The van der Waals surface area contributed by atoms with E-state index in [0.29, 0.717) is 22.6 Å². The summed E-state index contributed by atoms with van der Waals surface area (Å²) >= 11 is 0. The Labute approximate surface area is 181 Å². The summed E-state index contributed by atoms with van der Waals surface area (Å²) in [6, 6.07) is 22.7. The van der Waals surface area contributed by atoms with Crippen molar-refractivity contribution < 1.29 is 19.4 Å². The molecule has 1 fully saturated rings. The molecule has 1 unspecified atom stereocenters. The van der Waals surface area contributed by atoms with E-state index in [1.807, 2.05) is 37.3 Å². The minimum atomic E-state index is -0.815. The minimum Gasteiger partial charge on any atom is -0.507 e. The van der Waals surface area contributed by atoms with E-state index in [-0.39, 0.29) is 11.3 Å². The molecule has 156 valence electrons. The van der Waals surface area contributed by atoms with Crippen LogP contribution in [0.15, 0.2) is 84.4 Å². The number of rotatable bonds is 5. The van der Waals surface area contributed by atoms with Crippen molar-refractivity contribution in [2.75, 3.05) is 12.0 Å². The molecule has 0 aliphatic carbocycles. The zero-order chi connectivity index (χ0) is 22.0. The number of Topliss-reactive ketones (excluding diaryl/α,β-unsaturated/α-hetero) is 1. The molecule has 3 aromatic rings. The predicted octanol–water partition coefficient (Wildman–Crippen LogP) is 4.88. The van der Waals surface area contributed by atoms with Gasteiger partial charge in [0.25, 0.3) is 11.7 Å². The molecule has 0 radical (unpaired) electrons. The largest absolute Gasteiger partial charge is 0.507 e. The van der Waals surface area contributed by atoms with Gasteiger partial charge in [0, 0.05) is 16.8 Å². The number of ether oxygens (including phenoxy) is 1. The Hall–Kier alpha value is -3.86. The number of hydrogen-bond donors (Lipinski definition) is 1. The second kappa shape index (κ2) is 8.48. The Kier molecular flexibility index (Phi) is 5.58. The Bertz CT molecular complexity index is 1150. The Morgan fingerprint density at radius 1 is 0.935 bits per heavy atom. The highest BCUT2D eigenvalue weighted by atomic mass is 16.5. The maximum Gasteiger partial charge on any atom is 0.300 e. The number of aliphatic hydroxyl groups is 1. The Morgan fingerprint density at radius 3 is 2.23 bits per heavy atom. The molecule has 0 spiro atoms. The number of benzene rings is 3. The highest BCUT2D eigenvalue weighted by molar-refractivity contribution is 6.51. The highest BCUT2D eigenvalue weighted by Gasteiger charge is 2.47. The van der Waals surface area contributed by atoms with E-state index in [0.717, 1.165) is 12.0 Å². The van der Waals surface area contributed by atoms with E-state index in [4.69, 9.17) is 4.74 Å². The average molecular weight is 413 g/mol. The van der Waals surface area contributed by atoms with Crippen LogP contribution in [0.4, 0.5) is 5.69 Å². The molecule has 1 heterocycles. The Balaban J connectivity index is 1.95. The smallest absolute Gasteiger partial charge is 0.300 e. The molecule has 5 nitrogen and oxygen atoms in total. The standard InChI is InChI=1S/C26H23NO4/c1-3-17-13-15-18(16-14-17)24(28)22-23(20-11-7-8-12-21(20)31-2)27(26(30)25(22)29)19-9-5-4-6-10-19/h4-16,23,28H,3H2,1-2H3/b24-22-. The molecular weight excluding hydrogens is 390 g/mol. The third kappa shape index (κ3) is 3.59. The fourth-order valence-corrected chi connectivity index (χ4v) is 3.93. The van der Waals surface area contributed by atoms with Crippen LogP contribution >= 0.6 is 0 Å². The van der Waals surface area contributed by atoms with Crippen LogP contribution in [-0.4, -0.2) is 23.9 Å². The zero-order valence-electron chi connectivity index (χ0n) is 17.4. The van der Waals surface area contributed by atoms with E-state index < -0.39 is 17.7 Å². The van der Waals surface area contributed by atoms with Crippen molar-refractivity contribution in [2.24, 2.45) is 0 Å². The number of ketones is 1. The summed E-state index contributed by atoms with van der Waals surface area (Å²) in [6.45, 7) is 2.04. The third-order valence-electron chi connectivity index (χ3n) is 5.55. The number of hydrogen-bond acceptors (Lipinski definition) is 4. The second-order valence-electron chi connectivity index (χ2n) is 7.30. The molecule has 0 saturated carbocycles. The lowest BCUT2D eigenvalue weighted by molar-refractivity contribution is -0.132. The van der Waals surface area contributed by atoms with Gasteiger partial charge >= 0.3 is 0 Å². The van der Waals surface area contributed by atoms with E-state index in [1.54, 1.807) is 48.5 Å². The molecular formula is C26H23NO4. The Morgan fingerprint density at radius 2 is 1.58 bits per heavy atom. The summed E-state index contributed by atoms with van der Waals surface area (Å²) in [6.07, 6.45) is 0.862. The van der Waals surface area contributed by atoms with Crippen LogP contribution in [-0.2, 0) is 16.0 Å². The lowest BCUT2D eigenvalue weighted by atomic mass is 9.94. The number of carbonyl (C=O) groups excluding carboxylic acids is 2. The fourth-order valence-electron chi connectivity index (χ4n) is 3.93. The normalized spacial score (nSPS) is 17.7. The number of amides is 1. The van der Waals surface area contributed by atoms with E-state index in [2.05, 4.69) is 0 Å². The molecule has 0 aromatic heterocycles. The molecule has 5 heteroatoms. The van der Waals surface area contributed by atoms with Gasteiger partial charge in [0.2, 0.25) is 0 Å². The average Bonchev–Trinajstić information content (AvgIpc) is 3.09. The van der Waals surface area contributed by atoms with Crippen LogP contribution in [0.25, 0.3) is 5.76 Å². The van der Waals surface area contributed by atoms with Crippen LogP contribution in [0.1, 0.15) is 29.7 Å². The molecule has 0 bridgehead atoms. The summed E-state index contributed by atoms with van der Waals surface area (Å²) in [7, 11) is 1.54. The third-order valence-corrected chi connectivity index (χ3v) is 5.55. The molecule has 1 atom stereocenters. The molecule has 3 aromatic carbocycles. The quantitative estimate of drug-likeness (QED) is 0.368. The van der Waals surface area contributed by atoms with Gasteiger partial charge in [-0.15, -0.1) is 0 Å². The van der Waals surface area contributed by atoms with Crippen LogP contribution in [0.3, 0.4) is 0 Å². The molecule has 1 saturated heterocycles. The van der Waals surface area contributed by atoms with Crippen molar-refractivity contribution in [3.8, 4) is 5.75 Å². The van der Waals surface area contributed by atoms with Gasteiger partial charge < -0.3 is 9.84 Å². The van der Waals surface area contributed by atoms with Crippen molar-refractivity contribution >= 4 is 23.1 Å². The van der Waals surface area contributed by atoms with Crippen molar-refractivity contribution in [1.29, 1.82) is 0 Å². The van der Waals surface area contributed by atoms with Gasteiger partial charge in [-0.25, -0.2) is 0 Å². The van der Waals surface area contributed by atoms with Crippen molar-refractivity contribution in [1.82, 2.24) is 0 Å². The maximum absolute atomic E-state index is 13.2. The highest BCUT2D eigenvalue weighted by Crippen LogP contribution is 2.44. The van der Waals surface area contributed by atoms with Gasteiger partial charge in [0.05, 0.1) is 18.7 Å². The summed E-state index contributed by atoms with van der Waals surface area (Å²) < 4.78 is 5.52. The number of anilines is 1. The molecule has 1 aliphatic rings. The number of aliphatic hydroxyl groups excluding tert-OH is 1. The lowest BCUT2D eigenvalue weighted by Gasteiger charge is -2.26. The first-order valence-corrected chi connectivity index (χ1v) is 10.1. The van der Waals surface area contributed by atoms with Gasteiger partial charge in [0.1, 0.15) is 11.5 Å². The first-order chi connectivity index (χ1) is 15.1. The number of para-hydroxylation sites is 2. The van der Waals surface area contributed by atoms with E-state index in [1.165, 1.54) is 12.0 Å². The number of methoxy groups -OCH3 is 1. The van der Waals surface area contributed by atoms with Crippen LogP contribution in [0.5, 0.6) is 5.75 Å². The number of carbonyl (C=O) groups is 2. The SMILES string of the molecule is CCc1ccc(/C(O)=C2/C(=O)C(=O)N(c3ccccc3)C2c2ccccc2OC)cc1. The van der Waals surface area contributed by atoms with Gasteiger partial charge in [-0.2, -0.15) is 0 Å². The topological polar surface area (TPSA) is 66.8 Å². The van der Waals surface area contributed by atoms with Crippen molar-refractivity contribution in [3.05, 3.63) is 101 Å². The molecule has 1 N–H and O–H groups in total. The van der Waals surface area contributed by atoms with E-state index in [9.17, 15) is 14.7 Å². The van der Waals surface area contributed by atoms with Crippen molar-refractivity contribution in [3.63, 3.8) is 0 Å². The van der Waals surface area contributed by atoms with Crippen LogP contribution in [0, 0.1) is 0 Å². The summed E-state index contributed by atoms with van der Waals surface area (Å²) in [5, 5.41) is 11.2. The summed E-state index contributed by atoms with van der Waals surface area (Å²) in [4.78, 5) is 27.7. The number of nitrogens with zero attached hydrogens (tertiary/aromatic N) is 1. The lowest BCUT2D eigenvalue weighted by Crippen LogP contribution is -2.29. The molecule has 31 heavy (non-hydrogen) atoms. The van der Waals surface area contributed by atoms with Crippen LogP contribution < -0.4 is 9.64 Å². The van der Waals surface area contributed by atoms with E-state index >= 15 is 0 Å². The monoisotopic (exact) mass is 413 g/mol. The molecule has 1 aliphatic heterocycles. The van der Waals surface area contributed by atoms with Gasteiger partial charge in [-0.3, -0.25) is 14.5 Å². The zero-order valence-corrected chi connectivity index (χ0v) is 17.4.